The third kappa shape index (κ3) is 6.69. The van der Waals surface area contributed by atoms with E-state index in [1.54, 1.807) is 19.4 Å². The van der Waals surface area contributed by atoms with Crippen molar-refractivity contribution < 1.29 is 9.53 Å². The van der Waals surface area contributed by atoms with Crippen LogP contribution in [-0.2, 0) is 17.9 Å². The molecule has 0 bridgehead atoms. The number of aromatic nitrogens is 3. The van der Waals surface area contributed by atoms with Crippen molar-refractivity contribution >= 4 is 45.5 Å². The largest absolute Gasteiger partial charge is 0.496 e. The van der Waals surface area contributed by atoms with Gasteiger partial charge in [0.25, 0.3) is 5.91 Å². The quantitative estimate of drug-likeness (QED) is 0.173. The van der Waals surface area contributed by atoms with Crippen molar-refractivity contribution in [1.29, 1.82) is 0 Å². The summed E-state index contributed by atoms with van der Waals surface area (Å²) in [5.74, 6) is 1.32. The number of hydrogen-bond acceptors (Lipinski definition) is 7. The van der Waals surface area contributed by atoms with E-state index in [-0.39, 0.29) is 11.7 Å². The number of carbonyl (C=O) groups is 1. The van der Waals surface area contributed by atoms with Crippen molar-refractivity contribution in [3.63, 3.8) is 0 Å². The van der Waals surface area contributed by atoms with Gasteiger partial charge in [-0.1, -0.05) is 52.0 Å². The van der Waals surface area contributed by atoms with Gasteiger partial charge in [0.15, 0.2) is 11.0 Å². The molecule has 3 aromatic rings. The molecule has 0 saturated carbocycles. The van der Waals surface area contributed by atoms with Crippen molar-refractivity contribution in [1.82, 2.24) is 20.2 Å². The summed E-state index contributed by atoms with van der Waals surface area (Å²) in [6.45, 7) is 4.86. The van der Waals surface area contributed by atoms with Gasteiger partial charge in [0.2, 0.25) is 0 Å². The number of anilines is 1. The van der Waals surface area contributed by atoms with Crippen LogP contribution in [0.3, 0.4) is 0 Å². The maximum absolute atomic E-state index is 12.2. The van der Waals surface area contributed by atoms with E-state index in [4.69, 9.17) is 4.74 Å². The van der Waals surface area contributed by atoms with E-state index in [1.807, 2.05) is 53.1 Å². The molecule has 2 aromatic carbocycles. The Balaban J connectivity index is 1.56. The van der Waals surface area contributed by atoms with E-state index >= 15 is 0 Å². The molecule has 2 N–H and O–H groups in total. The third-order valence-electron chi connectivity index (χ3n) is 4.25. The second-order valence-electron chi connectivity index (χ2n) is 6.49. The Hall–Kier alpha value is -3.11. The highest BCUT2D eigenvalue weighted by atomic mass is 79.9. The zero-order valence-corrected chi connectivity index (χ0v) is 19.9. The number of thioether (sulfide) groups is 1. The number of hydrazone groups is 1. The van der Waals surface area contributed by atoms with Crippen molar-refractivity contribution in [2.45, 2.75) is 18.2 Å². The van der Waals surface area contributed by atoms with Crippen LogP contribution in [0.2, 0.25) is 0 Å². The molecule has 0 atom stereocenters. The minimum absolute atomic E-state index is 0.147. The summed E-state index contributed by atoms with van der Waals surface area (Å²) in [6, 6.07) is 15.4. The Morgan fingerprint density at radius 1 is 1.28 bits per heavy atom. The number of ether oxygens (including phenoxy) is 1. The van der Waals surface area contributed by atoms with Gasteiger partial charge in [-0.05, 0) is 30.3 Å². The highest BCUT2D eigenvalue weighted by Gasteiger charge is 2.13. The molecule has 0 unspecified atom stereocenters. The van der Waals surface area contributed by atoms with Gasteiger partial charge in [-0.25, -0.2) is 5.43 Å². The zero-order chi connectivity index (χ0) is 22.8. The van der Waals surface area contributed by atoms with Crippen LogP contribution in [0, 0.1) is 0 Å². The van der Waals surface area contributed by atoms with Crippen LogP contribution in [0.5, 0.6) is 5.75 Å². The number of benzene rings is 2. The topological polar surface area (TPSA) is 93.4 Å². The fourth-order valence-electron chi connectivity index (χ4n) is 2.75. The summed E-state index contributed by atoms with van der Waals surface area (Å²) in [6.07, 6.45) is 3.31. The van der Waals surface area contributed by atoms with E-state index in [0.717, 1.165) is 21.5 Å². The second-order valence-corrected chi connectivity index (χ2v) is 8.34. The van der Waals surface area contributed by atoms with E-state index in [0.29, 0.717) is 24.0 Å². The summed E-state index contributed by atoms with van der Waals surface area (Å²) >= 11 is 4.70. The van der Waals surface area contributed by atoms with E-state index < -0.39 is 0 Å². The van der Waals surface area contributed by atoms with Crippen molar-refractivity contribution in [3.05, 3.63) is 77.0 Å². The number of rotatable bonds is 11. The fourth-order valence-corrected chi connectivity index (χ4v) is 3.89. The Labute approximate surface area is 199 Å². The summed E-state index contributed by atoms with van der Waals surface area (Å²) in [7, 11) is 1.58. The smallest absolute Gasteiger partial charge is 0.250 e. The van der Waals surface area contributed by atoms with Crippen molar-refractivity contribution in [3.8, 4) is 5.75 Å². The first-order valence-corrected chi connectivity index (χ1v) is 11.5. The number of para-hydroxylation sites is 1. The van der Waals surface area contributed by atoms with Crippen LogP contribution in [0.4, 0.5) is 5.69 Å². The highest BCUT2D eigenvalue weighted by molar-refractivity contribution is 9.10. The van der Waals surface area contributed by atoms with Crippen molar-refractivity contribution in [2.75, 3.05) is 18.2 Å². The molecule has 0 saturated heterocycles. The summed E-state index contributed by atoms with van der Waals surface area (Å²) in [5.41, 5.74) is 4.27. The first kappa shape index (κ1) is 23.6. The number of nitrogens with zero attached hydrogens (tertiary/aromatic N) is 4. The fraction of sp³-hybridized carbons (Fsp3) is 0.182. The van der Waals surface area contributed by atoms with Crippen molar-refractivity contribution in [2.24, 2.45) is 5.10 Å². The summed E-state index contributed by atoms with van der Waals surface area (Å²) in [5, 5.41) is 16.5. The van der Waals surface area contributed by atoms with Gasteiger partial charge in [-0.2, -0.15) is 5.10 Å². The van der Waals surface area contributed by atoms with E-state index in [1.165, 1.54) is 11.8 Å². The monoisotopic (exact) mass is 514 g/mol. The summed E-state index contributed by atoms with van der Waals surface area (Å²) in [4.78, 5) is 12.2. The lowest BCUT2D eigenvalue weighted by Crippen LogP contribution is -2.20. The van der Waals surface area contributed by atoms with Gasteiger partial charge in [0.1, 0.15) is 5.75 Å². The molecule has 0 aliphatic heterocycles. The molecule has 1 amide bonds. The number of carbonyl (C=O) groups excluding carboxylic acids is 1. The first-order chi connectivity index (χ1) is 15.6. The molecule has 32 heavy (non-hydrogen) atoms. The predicted molar refractivity (Wildman–Crippen MR) is 131 cm³/mol. The van der Waals surface area contributed by atoms with Crippen LogP contribution < -0.4 is 15.5 Å². The summed E-state index contributed by atoms with van der Waals surface area (Å²) < 4.78 is 8.11. The molecule has 0 radical (unpaired) electrons. The number of halogens is 1. The van der Waals surface area contributed by atoms with E-state index in [2.05, 4.69) is 48.6 Å². The molecule has 166 valence electrons. The third-order valence-corrected chi connectivity index (χ3v) is 5.71. The second kappa shape index (κ2) is 12.1. The Kier molecular flexibility index (Phi) is 8.88. The Morgan fingerprint density at radius 3 is 2.84 bits per heavy atom. The molecule has 8 nitrogen and oxygen atoms in total. The molecular formula is C22H23BrN6O2S. The highest BCUT2D eigenvalue weighted by Crippen LogP contribution is 2.21. The lowest BCUT2D eigenvalue weighted by atomic mass is 10.2. The molecule has 1 heterocycles. The van der Waals surface area contributed by atoms with Crippen LogP contribution in [-0.4, -0.2) is 39.7 Å². The lowest BCUT2D eigenvalue weighted by Gasteiger charge is -2.09. The maximum atomic E-state index is 12.2. The minimum atomic E-state index is -0.252. The molecule has 0 aliphatic carbocycles. The van der Waals surface area contributed by atoms with E-state index in [9.17, 15) is 4.79 Å². The van der Waals surface area contributed by atoms with Gasteiger partial charge in [-0.15, -0.1) is 16.8 Å². The molecule has 0 spiro atoms. The minimum Gasteiger partial charge on any atom is -0.496 e. The number of nitrogens with one attached hydrogen (secondary N) is 2. The van der Waals surface area contributed by atoms with Gasteiger partial charge in [0, 0.05) is 22.3 Å². The van der Waals surface area contributed by atoms with Crippen LogP contribution in [0.25, 0.3) is 0 Å². The Bertz CT molecular complexity index is 1090. The van der Waals surface area contributed by atoms with Crippen LogP contribution >= 0.6 is 27.7 Å². The zero-order valence-electron chi connectivity index (χ0n) is 17.5. The number of amides is 1. The first-order valence-electron chi connectivity index (χ1n) is 9.71. The maximum Gasteiger partial charge on any atom is 0.250 e. The number of methoxy groups -OCH3 is 1. The molecule has 3 rings (SSSR count). The molecular weight excluding hydrogens is 492 g/mol. The average Bonchev–Trinajstić information content (AvgIpc) is 3.19. The SMILES string of the molecule is C=CCn1c(CNc2ccccc2)nnc1SCC(=O)NN=Cc1cc(Br)ccc1OC. The normalized spacial score (nSPS) is 10.8. The van der Waals surface area contributed by atoms with Gasteiger partial charge in [0.05, 0.1) is 25.6 Å². The number of hydrogen-bond donors (Lipinski definition) is 2. The number of allylic oxidation sites excluding steroid dienone is 1. The Morgan fingerprint density at radius 2 is 2.09 bits per heavy atom. The molecule has 1 aromatic heterocycles. The average molecular weight is 515 g/mol. The molecule has 0 aliphatic rings. The molecule has 0 fully saturated rings. The van der Waals surface area contributed by atoms with Crippen LogP contribution in [0.1, 0.15) is 11.4 Å². The molecule has 10 heteroatoms. The van der Waals surface area contributed by atoms with Gasteiger partial charge in [-0.3, -0.25) is 4.79 Å². The lowest BCUT2D eigenvalue weighted by molar-refractivity contribution is -0.118. The van der Waals surface area contributed by atoms with Crippen LogP contribution in [0.15, 0.2) is 75.9 Å². The van der Waals surface area contributed by atoms with Gasteiger partial charge < -0.3 is 14.6 Å². The standard InChI is InChI=1S/C22H23BrN6O2S/c1-3-11-29-20(14-24-18-7-5-4-6-8-18)26-28-22(29)32-15-21(30)27-25-13-16-12-17(23)9-10-19(16)31-2/h3-10,12-13,24H,1,11,14-15H2,2H3,(H,27,30). The predicted octanol–water partition coefficient (Wildman–Crippen LogP) is 4.09. The van der Waals surface area contributed by atoms with Gasteiger partial charge >= 0.3 is 0 Å².